The largest absolute Gasteiger partial charge is 0.368 e. The van der Waals surface area contributed by atoms with Crippen LogP contribution in [0.1, 0.15) is 12.0 Å². The van der Waals surface area contributed by atoms with Gasteiger partial charge in [0.1, 0.15) is 5.82 Å². The van der Waals surface area contributed by atoms with E-state index in [0.29, 0.717) is 13.0 Å². The van der Waals surface area contributed by atoms with E-state index in [-0.39, 0.29) is 11.7 Å². The summed E-state index contributed by atoms with van der Waals surface area (Å²) < 4.78 is 13.0. The molecule has 1 N–H and O–H groups in total. The summed E-state index contributed by atoms with van der Waals surface area (Å²) in [5.74, 6) is -0.0155. The molecule has 0 bridgehead atoms. The Bertz CT molecular complexity index is 682. The van der Waals surface area contributed by atoms with Gasteiger partial charge in [0, 0.05) is 44.8 Å². The quantitative estimate of drug-likeness (QED) is 0.776. The average Bonchev–Trinajstić information content (AvgIpc) is 2.69. The fourth-order valence-corrected chi connectivity index (χ4v) is 3.22. The zero-order chi connectivity index (χ0) is 18.2. The molecular formula is C21H26FN3O. The zero-order valence-corrected chi connectivity index (χ0v) is 15.0. The van der Waals surface area contributed by atoms with Gasteiger partial charge < -0.3 is 15.1 Å². The second-order valence-corrected chi connectivity index (χ2v) is 6.58. The third-order valence-corrected chi connectivity index (χ3v) is 4.77. The molecule has 0 atom stereocenters. The van der Waals surface area contributed by atoms with Gasteiger partial charge in [-0.25, -0.2) is 4.39 Å². The molecule has 0 unspecified atom stereocenters. The molecule has 0 aliphatic carbocycles. The highest BCUT2D eigenvalue weighted by atomic mass is 19.1. The topological polar surface area (TPSA) is 35.6 Å². The van der Waals surface area contributed by atoms with Crippen molar-refractivity contribution in [2.24, 2.45) is 0 Å². The van der Waals surface area contributed by atoms with Crippen LogP contribution in [0.3, 0.4) is 0 Å². The van der Waals surface area contributed by atoms with Gasteiger partial charge >= 0.3 is 0 Å². The lowest BCUT2D eigenvalue weighted by Crippen LogP contribution is -2.49. The molecule has 1 heterocycles. The third-order valence-electron chi connectivity index (χ3n) is 4.77. The number of piperazine rings is 1. The Morgan fingerprint density at radius 2 is 1.62 bits per heavy atom. The Balaban J connectivity index is 1.33. The number of anilines is 1. The molecular weight excluding hydrogens is 329 g/mol. The van der Waals surface area contributed by atoms with Crippen molar-refractivity contribution in [3.8, 4) is 0 Å². The van der Waals surface area contributed by atoms with Gasteiger partial charge in [-0.2, -0.15) is 0 Å². The first-order valence-corrected chi connectivity index (χ1v) is 9.25. The predicted molar refractivity (Wildman–Crippen MR) is 103 cm³/mol. The molecule has 0 saturated carbocycles. The van der Waals surface area contributed by atoms with Crippen LogP contribution in [0.2, 0.25) is 0 Å². The van der Waals surface area contributed by atoms with Crippen LogP contribution in [0.5, 0.6) is 0 Å². The van der Waals surface area contributed by atoms with E-state index < -0.39 is 0 Å². The van der Waals surface area contributed by atoms with E-state index in [1.807, 2.05) is 23.1 Å². The lowest BCUT2D eigenvalue weighted by molar-refractivity contribution is -0.131. The van der Waals surface area contributed by atoms with Gasteiger partial charge in [-0.1, -0.05) is 30.3 Å². The molecule has 4 nitrogen and oxygen atoms in total. The molecule has 1 aliphatic heterocycles. The first kappa shape index (κ1) is 18.4. The maximum absolute atomic E-state index is 13.0. The average molecular weight is 355 g/mol. The number of nitrogens with one attached hydrogen (secondary N) is 1. The Kier molecular flexibility index (Phi) is 6.61. The molecule has 2 aromatic carbocycles. The van der Waals surface area contributed by atoms with Crippen LogP contribution < -0.4 is 10.2 Å². The fraction of sp³-hybridized carbons (Fsp3) is 0.381. The van der Waals surface area contributed by atoms with Crippen molar-refractivity contribution in [2.75, 3.05) is 44.2 Å². The van der Waals surface area contributed by atoms with Crippen LogP contribution in [0.15, 0.2) is 54.6 Å². The number of benzene rings is 2. The van der Waals surface area contributed by atoms with E-state index in [0.717, 1.165) is 44.8 Å². The first-order valence-electron chi connectivity index (χ1n) is 9.25. The minimum Gasteiger partial charge on any atom is -0.368 e. The second-order valence-electron chi connectivity index (χ2n) is 6.58. The van der Waals surface area contributed by atoms with Crippen molar-refractivity contribution in [3.05, 3.63) is 66.0 Å². The normalized spacial score (nSPS) is 14.5. The fourth-order valence-electron chi connectivity index (χ4n) is 3.22. The monoisotopic (exact) mass is 355 g/mol. The van der Waals surface area contributed by atoms with Crippen molar-refractivity contribution in [1.82, 2.24) is 10.2 Å². The highest BCUT2D eigenvalue weighted by Gasteiger charge is 2.20. The molecule has 0 aromatic heterocycles. The number of rotatable bonds is 7. The molecule has 1 aliphatic rings. The van der Waals surface area contributed by atoms with Crippen molar-refractivity contribution in [1.29, 1.82) is 0 Å². The van der Waals surface area contributed by atoms with Gasteiger partial charge in [0.05, 0.1) is 0 Å². The zero-order valence-electron chi connectivity index (χ0n) is 15.0. The number of carbonyl (C=O) groups is 1. The van der Waals surface area contributed by atoms with Crippen LogP contribution in [-0.4, -0.2) is 50.1 Å². The number of halogens is 1. The highest BCUT2D eigenvalue weighted by Crippen LogP contribution is 2.17. The van der Waals surface area contributed by atoms with Crippen molar-refractivity contribution in [2.45, 2.75) is 12.8 Å². The molecule has 3 rings (SSSR count). The van der Waals surface area contributed by atoms with E-state index in [2.05, 4.69) is 22.3 Å². The van der Waals surface area contributed by atoms with E-state index in [1.165, 1.54) is 17.7 Å². The van der Waals surface area contributed by atoms with Crippen LogP contribution in [0.25, 0.3) is 0 Å². The maximum atomic E-state index is 13.0. The van der Waals surface area contributed by atoms with Crippen molar-refractivity contribution < 1.29 is 9.18 Å². The molecule has 26 heavy (non-hydrogen) atoms. The van der Waals surface area contributed by atoms with Gasteiger partial charge in [-0.3, -0.25) is 4.79 Å². The van der Waals surface area contributed by atoms with Gasteiger partial charge in [-0.15, -0.1) is 0 Å². The molecule has 2 aromatic rings. The summed E-state index contributed by atoms with van der Waals surface area (Å²) in [5.41, 5.74) is 2.32. The van der Waals surface area contributed by atoms with Gasteiger partial charge in [-0.05, 0) is 42.8 Å². The number of hydrogen-bond acceptors (Lipinski definition) is 3. The van der Waals surface area contributed by atoms with Crippen molar-refractivity contribution in [3.63, 3.8) is 0 Å². The Morgan fingerprint density at radius 1 is 0.923 bits per heavy atom. The smallest absolute Gasteiger partial charge is 0.223 e. The second kappa shape index (κ2) is 9.34. The molecule has 1 amide bonds. The number of amides is 1. The Labute approximate surface area is 154 Å². The van der Waals surface area contributed by atoms with Crippen LogP contribution in [0.4, 0.5) is 10.1 Å². The number of carbonyl (C=O) groups excluding carboxylic acids is 1. The minimum absolute atomic E-state index is 0.205. The van der Waals surface area contributed by atoms with E-state index in [1.54, 1.807) is 12.1 Å². The summed E-state index contributed by atoms with van der Waals surface area (Å²) in [6.45, 7) is 4.62. The Hall–Kier alpha value is -2.40. The first-order chi connectivity index (χ1) is 12.7. The van der Waals surface area contributed by atoms with Crippen molar-refractivity contribution >= 4 is 11.6 Å². The van der Waals surface area contributed by atoms with Gasteiger partial charge in [0.15, 0.2) is 0 Å². The third kappa shape index (κ3) is 5.30. The lowest BCUT2D eigenvalue weighted by Gasteiger charge is -2.36. The summed E-state index contributed by atoms with van der Waals surface area (Å²) in [6.07, 6.45) is 1.51. The van der Waals surface area contributed by atoms with Gasteiger partial charge in [0.2, 0.25) is 5.91 Å². The molecule has 0 radical (unpaired) electrons. The summed E-state index contributed by atoms with van der Waals surface area (Å²) in [7, 11) is 0. The molecule has 1 saturated heterocycles. The van der Waals surface area contributed by atoms with E-state index >= 15 is 0 Å². The standard InChI is InChI=1S/C21H26FN3O/c22-19-6-8-20(9-7-19)24-14-16-25(17-15-24)21(26)11-13-23-12-10-18-4-2-1-3-5-18/h1-9,23H,10-17H2. The van der Waals surface area contributed by atoms with Crippen LogP contribution in [-0.2, 0) is 11.2 Å². The molecule has 0 spiro atoms. The van der Waals surface area contributed by atoms with Crippen LogP contribution >= 0.6 is 0 Å². The minimum atomic E-state index is -0.220. The van der Waals surface area contributed by atoms with Crippen LogP contribution in [0, 0.1) is 5.82 Å². The van der Waals surface area contributed by atoms with E-state index in [9.17, 15) is 9.18 Å². The molecule has 5 heteroatoms. The van der Waals surface area contributed by atoms with Gasteiger partial charge in [0.25, 0.3) is 0 Å². The predicted octanol–water partition coefficient (Wildman–Crippen LogP) is 2.70. The lowest BCUT2D eigenvalue weighted by atomic mass is 10.1. The molecule has 1 fully saturated rings. The summed E-state index contributed by atoms with van der Waals surface area (Å²) in [6, 6.07) is 16.9. The molecule has 138 valence electrons. The summed E-state index contributed by atoms with van der Waals surface area (Å²) in [5, 5.41) is 3.35. The highest BCUT2D eigenvalue weighted by molar-refractivity contribution is 5.76. The number of hydrogen-bond donors (Lipinski definition) is 1. The maximum Gasteiger partial charge on any atom is 0.223 e. The summed E-state index contributed by atoms with van der Waals surface area (Å²) in [4.78, 5) is 16.5. The van der Waals surface area contributed by atoms with E-state index in [4.69, 9.17) is 0 Å². The number of nitrogens with zero attached hydrogens (tertiary/aromatic N) is 2. The summed E-state index contributed by atoms with van der Waals surface area (Å²) >= 11 is 0. The Morgan fingerprint density at radius 3 is 2.31 bits per heavy atom. The SMILES string of the molecule is O=C(CCNCCc1ccccc1)N1CCN(c2ccc(F)cc2)CC1.